The summed E-state index contributed by atoms with van der Waals surface area (Å²) in [5, 5.41) is 3.64. The molecule has 0 spiro atoms. The van der Waals surface area contributed by atoms with Crippen LogP contribution in [0.5, 0.6) is 5.75 Å². The summed E-state index contributed by atoms with van der Waals surface area (Å²) in [5.41, 5.74) is 1.38. The Labute approximate surface area is 122 Å². The van der Waals surface area contributed by atoms with E-state index in [0.29, 0.717) is 0 Å². The van der Waals surface area contributed by atoms with Crippen LogP contribution in [0.1, 0.15) is 38.2 Å². The first-order chi connectivity index (χ1) is 9.80. The van der Waals surface area contributed by atoms with Crippen molar-refractivity contribution in [2.45, 2.75) is 57.3 Å². The van der Waals surface area contributed by atoms with E-state index in [1.54, 1.807) is 7.11 Å². The van der Waals surface area contributed by atoms with E-state index in [4.69, 9.17) is 4.74 Å². The van der Waals surface area contributed by atoms with Crippen LogP contribution in [0.25, 0.3) is 0 Å². The molecule has 0 saturated carbocycles. The topological polar surface area (TPSA) is 24.5 Å². The highest BCUT2D eigenvalue weighted by atomic mass is 16.5. The maximum Gasteiger partial charge on any atom is 0.119 e. The molecule has 20 heavy (non-hydrogen) atoms. The van der Waals surface area contributed by atoms with Crippen LogP contribution in [-0.2, 0) is 6.54 Å². The Balaban J connectivity index is 1.66. The van der Waals surface area contributed by atoms with Crippen molar-refractivity contribution in [3.63, 3.8) is 0 Å². The van der Waals surface area contributed by atoms with E-state index in [9.17, 15) is 0 Å². The van der Waals surface area contributed by atoms with Crippen LogP contribution in [-0.4, -0.2) is 36.7 Å². The molecule has 3 nitrogen and oxygen atoms in total. The molecule has 2 fully saturated rings. The average molecular weight is 274 g/mol. The van der Waals surface area contributed by atoms with Crippen molar-refractivity contribution in [2.75, 3.05) is 13.7 Å². The molecule has 2 aliphatic heterocycles. The number of methoxy groups -OCH3 is 1. The fraction of sp³-hybridized carbons (Fsp3) is 0.647. The maximum absolute atomic E-state index is 5.33. The first kappa shape index (κ1) is 13.9. The van der Waals surface area contributed by atoms with Gasteiger partial charge in [0.15, 0.2) is 0 Å². The van der Waals surface area contributed by atoms with E-state index in [1.165, 1.54) is 31.2 Å². The molecular weight excluding hydrogens is 248 g/mol. The van der Waals surface area contributed by atoms with Crippen molar-refractivity contribution in [1.29, 1.82) is 0 Å². The minimum atomic E-state index is 0.735. The lowest BCUT2D eigenvalue weighted by Gasteiger charge is -2.39. The average Bonchev–Trinajstić information content (AvgIpc) is 2.71. The Morgan fingerprint density at radius 3 is 2.65 bits per heavy atom. The molecule has 0 aromatic heterocycles. The van der Waals surface area contributed by atoms with E-state index in [0.717, 1.165) is 37.0 Å². The predicted molar refractivity (Wildman–Crippen MR) is 82.0 cm³/mol. The Hall–Kier alpha value is -1.06. The van der Waals surface area contributed by atoms with Gasteiger partial charge in [0, 0.05) is 24.7 Å². The lowest BCUT2D eigenvalue weighted by atomic mass is 9.96. The molecule has 3 rings (SSSR count). The summed E-state index contributed by atoms with van der Waals surface area (Å²) < 4.78 is 5.33. The molecule has 2 aliphatic rings. The first-order valence-corrected chi connectivity index (χ1v) is 7.92. The van der Waals surface area contributed by atoms with Gasteiger partial charge >= 0.3 is 0 Å². The van der Waals surface area contributed by atoms with Gasteiger partial charge in [-0.05, 0) is 49.9 Å². The third-order valence-electron chi connectivity index (χ3n) is 4.88. The van der Waals surface area contributed by atoms with Crippen molar-refractivity contribution >= 4 is 0 Å². The first-order valence-electron chi connectivity index (χ1n) is 7.92. The normalized spacial score (nSPS) is 29.6. The van der Waals surface area contributed by atoms with Gasteiger partial charge in [0.05, 0.1) is 7.11 Å². The van der Waals surface area contributed by atoms with Crippen LogP contribution in [0.3, 0.4) is 0 Å². The maximum atomic E-state index is 5.33. The molecule has 2 saturated heterocycles. The molecule has 1 N–H and O–H groups in total. The molecule has 0 radical (unpaired) electrons. The molecule has 1 aromatic rings. The molecule has 0 aliphatic carbocycles. The van der Waals surface area contributed by atoms with Gasteiger partial charge in [-0.15, -0.1) is 0 Å². The molecule has 2 atom stereocenters. The number of hydrogen-bond donors (Lipinski definition) is 1. The van der Waals surface area contributed by atoms with Crippen molar-refractivity contribution in [3.05, 3.63) is 29.8 Å². The van der Waals surface area contributed by atoms with E-state index in [1.807, 2.05) is 6.07 Å². The van der Waals surface area contributed by atoms with Gasteiger partial charge in [-0.2, -0.15) is 0 Å². The van der Waals surface area contributed by atoms with Crippen LogP contribution >= 0.6 is 0 Å². The SMILES string of the molecule is CCNC1CC2CCC(C1)N2Cc1cccc(OC)c1. The number of nitrogens with one attached hydrogen (secondary N) is 1. The quantitative estimate of drug-likeness (QED) is 0.893. The molecule has 3 heteroatoms. The third-order valence-corrected chi connectivity index (χ3v) is 4.88. The fourth-order valence-corrected chi connectivity index (χ4v) is 3.97. The second-order valence-corrected chi connectivity index (χ2v) is 6.13. The molecule has 1 aromatic carbocycles. The smallest absolute Gasteiger partial charge is 0.119 e. The van der Waals surface area contributed by atoms with Crippen LogP contribution in [0.15, 0.2) is 24.3 Å². The molecular formula is C17H26N2O. The van der Waals surface area contributed by atoms with E-state index >= 15 is 0 Å². The second kappa shape index (κ2) is 6.15. The monoisotopic (exact) mass is 274 g/mol. The Morgan fingerprint density at radius 2 is 2.00 bits per heavy atom. The van der Waals surface area contributed by atoms with Crippen LogP contribution in [0, 0.1) is 0 Å². The Bertz CT molecular complexity index is 434. The van der Waals surface area contributed by atoms with Crippen molar-refractivity contribution < 1.29 is 4.74 Å². The van der Waals surface area contributed by atoms with Gasteiger partial charge in [-0.3, -0.25) is 4.90 Å². The zero-order chi connectivity index (χ0) is 13.9. The second-order valence-electron chi connectivity index (χ2n) is 6.13. The van der Waals surface area contributed by atoms with Crippen LogP contribution in [0.4, 0.5) is 0 Å². The third kappa shape index (κ3) is 2.84. The number of ether oxygens (including phenoxy) is 1. The van der Waals surface area contributed by atoms with E-state index in [-0.39, 0.29) is 0 Å². The number of hydrogen-bond acceptors (Lipinski definition) is 3. The number of fused-ring (bicyclic) bond motifs is 2. The van der Waals surface area contributed by atoms with Crippen molar-refractivity contribution in [3.8, 4) is 5.75 Å². The highest BCUT2D eigenvalue weighted by Crippen LogP contribution is 2.37. The summed E-state index contributed by atoms with van der Waals surface area (Å²) >= 11 is 0. The van der Waals surface area contributed by atoms with Gasteiger partial charge in [-0.25, -0.2) is 0 Å². The minimum absolute atomic E-state index is 0.735. The van der Waals surface area contributed by atoms with E-state index in [2.05, 4.69) is 35.3 Å². The summed E-state index contributed by atoms with van der Waals surface area (Å²) in [6.45, 7) is 4.38. The summed E-state index contributed by atoms with van der Waals surface area (Å²) in [7, 11) is 1.74. The molecule has 110 valence electrons. The van der Waals surface area contributed by atoms with E-state index < -0.39 is 0 Å². The summed E-state index contributed by atoms with van der Waals surface area (Å²) in [5.74, 6) is 0.970. The fourth-order valence-electron chi connectivity index (χ4n) is 3.97. The van der Waals surface area contributed by atoms with Gasteiger partial charge in [-0.1, -0.05) is 19.1 Å². The summed E-state index contributed by atoms with van der Waals surface area (Å²) in [4.78, 5) is 2.72. The van der Waals surface area contributed by atoms with Crippen molar-refractivity contribution in [1.82, 2.24) is 10.2 Å². The van der Waals surface area contributed by atoms with Gasteiger partial charge in [0.2, 0.25) is 0 Å². The number of piperidine rings is 1. The number of rotatable bonds is 5. The van der Waals surface area contributed by atoms with Gasteiger partial charge in [0.25, 0.3) is 0 Å². The number of nitrogens with zero attached hydrogens (tertiary/aromatic N) is 1. The predicted octanol–water partition coefficient (Wildman–Crippen LogP) is 2.80. The molecule has 2 bridgehead atoms. The zero-order valence-electron chi connectivity index (χ0n) is 12.6. The Kier molecular flexibility index (Phi) is 4.27. The molecule has 2 unspecified atom stereocenters. The lowest BCUT2D eigenvalue weighted by Crippen LogP contribution is -2.48. The summed E-state index contributed by atoms with van der Waals surface area (Å²) in [6, 6.07) is 10.8. The highest BCUT2D eigenvalue weighted by Gasteiger charge is 2.40. The van der Waals surface area contributed by atoms with Crippen LogP contribution < -0.4 is 10.1 Å². The minimum Gasteiger partial charge on any atom is -0.497 e. The zero-order valence-corrected chi connectivity index (χ0v) is 12.6. The lowest BCUT2D eigenvalue weighted by molar-refractivity contribution is 0.110. The van der Waals surface area contributed by atoms with Gasteiger partial charge in [0.1, 0.15) is 5.75 Å². The standard InChI is InChI=1S/C17H26N2O/c1-3-18-14-10-15-7-8-16(11-14)19(15)12-13-5-4-6-17(9-13)20-2/h4-6,9,14-16,18H,3,7-8,10-12H2,1-2H3. The van der Waals surface area contributed by atoms with Crippen molar-refractivity contribution in [2.24, 2.45) is 0 Å². The summed E-state index contributed by atoms with van der Waals surface area (Å²) in [6.07, 6.45) is 5.37. The Morgan fingerprint density at radius 1 is 1.25 bits per heavy atom. The molecule has 0 amide bonds. The largest absolute Gasteiger partial charge is 0.497 e. The highest BCUT2D eigenvalue weighted by molar-refractivity contribution is 5.28. The van der Waals surface area contributed by atoms with Crippen LogP contribution in [0.2, 0.25) is 0 Å². The van der Waals surface area contributed by atoms with Gasteiger partial charge < -0.3 is 10.1 Å². The number of benzene rings is 1. The molecule has 2 heterocycles.